The maximum Gasteiger partial charge on any atom is 0.0429 e. The number of nitrogens with zero attached hydrogens (tertiary/aromatic N) is 1. The first kappa shape index (κ1) is 14.5. The van der Waals surface area contributed by atoms with Gasteiger partial charge in [0, 0.05) is 29.7 Å². The number of fused-ring (bicyclic) bond motifs is 2. The second kappa shape index (κ2) is 5.86. The molecule has 23 heavy (non-hydrogen) atoms. The second-order valence-corrected chi connectivity index (χ2v) is 7.02. The van der Waals surface area contributed by atoms with Crippen LogP contribution in [0.5, 0.6) is 0 Å². The molecule has 1 aliphatic heterocycles. The first-order valence-electron chi connectivity index (χ1n) is 7.87. The van der Waals surface area contributed by atoms with Gasteiger partial charge in [-0.3, -0.25) is 0 Å². The summed E-state index contributed by atoms with van der Waals surface area (Å²) in [5, 5.41) is 0. The average Bonchev–Trinajstić information content (AvgIpc) is 2.69. The number of anilines is 1. The molecule has 3 aromatic carbocycles. The molecule has 1 unspecified atom stereocenters. The van der Waals surface area contributed by atoms with Gasteiger partial charge in [-0.2, -0.15) is 0 Å². The zero-order valence-corrected chi connectivity index (χ0v) is 14.6. The fraction of sp³-hybridized carbons (Fsp3) is 0.143. The number of benzene rings is 3. The molecule has 1 nitrogen and oxygen atoms in total. The molecule has 1 heterocycles. The van der Waals surface area contributed by atoms with Crippen molar-refractivity contribution in [3.05, 3.63) is 99.5 Å². The Morgan fingerprint density at radius 1 is 0.870 bits per heavy atom. The van der Waals surface area contributed by atoms with Crippen LogP contribution in [0, 0.1) is 0 Å². The van der Waals surface area contributed by atoms with Crippen LogP contribution in [-0.4, -0.2) is 7.05 Å². The fourth-order valence-corrected chi connectivity index (χ4v) is 3.96. The van der Waals surface area contributed by atoms with E-state index in [2.05, 4.69) is 101 Å². The van der Waals surface area contributed by atoms with Gasteiger partial charge in [-0.15, -0.1) is 0 Å². The highest BCUT2D eigenvalue weighted by Crippen LogP contribution is 2.42. The summed E-state index contributed by atoms with van der Waals surface area (Å²) in [5.41, 5.74) is 6.81. The van der Waals surface area contributed by atoms with Crippen molar-refractivity contribution in [1.29, 1.82) is 0 Å². The van der Waals surface area contributed by atoms with Gasteiger partial charge >= 0.3 is 0 Å². The van der Waals surface area contributed by atoms with Crippen LogP contribution in [0.3, 0.4) is 0 Å². The maximum atomic E-state index is 3.66. The lowest BCUT2D eigenvalue weighted by Crippen LogP contribution is -2.16. The third-order valence-electron chi connectivity index (χ3n) is 4.62. The first-order chi connectivity index (χ1) is 11.2. The van der Waals surface area contributed by atoms with Gasteiger partial charge in [0.15, 0.2) is 0 Å². The van der Waals surface area contributed by atoms with Crippen molar-refractivity contribution < 1.29 is 0 Å². The van der Waals surface area contributed by atoms with Crippen LogP contribution in [0.4, 0.5) is 5.69 Å². The van der Waals surface area contributed by atoms with Gasteiger partial charge in [0.05, 0.1) is 0 Å². The third kappa shape index (κ3) is 2.57. The summed E-state index contributed by atoms with van der Waals surface area (Å²) in [5.74, 6) is 0.268. The summed E-state index contributed by atoms with van der Waals surface area (Å²) < 4.78 is 1.13. The smallest absolute Gasteiger partial charge is 0.0429 e. The molecular formula is C21H18BrN. The van der Waals surface area contributed by atoms with Crippen LogP contribution >= 0.6 is 15.9 Å². The van der Waals surface area contributed by atoms with Gasteiger partial charge in [0.2, 0.25) is 0 Å². The van der Waals surface area contributed by atoms with Crippen LogP contribution in [0.15, 0.2) is 77.3 Å². The highest BCUT2D eigenvalue weighted by atomic mass is 79.9. The lowest BCUT2D eigenvalue weighted by molar-refractivity contribution is 0.923. The molecule has 0 bridgehead atoms. The van der Waals surface area contributed by atoms with Crippen molar-refractivity contribution in [1.82, 2.24) is 0 Å². The van der Waals surface area contributed by atoms with Gasteiger partial charge in [0.25, 0.3) is 0 Å². The number of halogens is 1. The Morgan fingerprint density at radius 2 is 1.61 bits per heavy atom. The summed E-state index contributed by atoms with van der Waals surface area (Å²) >= 11 is 3.66. The monoisotopic (exact) mass is 363 g/mol. The molecule has 4 rings (SSSR count). The summed E-state index contributed by atoms with van der Waals surface area (Å²) in [6.07, 6.45) is 0. The van der Waals surface area contributed by atoms with Crippen molar-refractivity contribution in [2.45, 2.75) is 12.5 Å². The van der Waals surface area contributed by atoms with Crippen molar-refractivity contribution in [3.8, 4) is 0 Å². The third-order valence-corrected chi connectivity index (χ3v) is 5.11. The molecule has 0 N–H and O–H groups in total. The van der Waals surface area contributed by atoms with Crippen LogP contribution in [0.25, 0.3) is 0 Å². The maximum absolute atomic E-state index is 3.66. The van der Waals surface area contributed by atoms with E-state index < -0.39 is 0 Å². The SMILES string of the molecule is CN1Cc2ccccc2C(c2ccccc2)c2cc(Br)ccc21. The molecule has 0 spiro atoms. The van der Waals surface area contributed by atoms with Crippen LogP contribution < -0.4 is 4.90 Å². The molecule has 0 fully saturated rings. The number of rotatable bonds is 1. The van der Waals surface area contributed by atoms with Gasteiger partial charge < -0.3 is 4.90 Å². The molecule has 114 valence electrons. The predicted molar refractivity (Wildman–Crippen MR) is 100 cm³/mol. The molecule has 0 saturated heterocycles. The zero-order valence-electron chi connectivity index (χ0n) is 13.0. The van der Waals surface area contributed by atoms with E-state index in [9.17, 15) is 0 Å². The minimum Gasteiger partial charge on any atom is -0.370 e. The molecule has 1 atom stereocenters. The molecule has 0 saturated carbocycles. The average molecular weight is 364 g/mol. The van der Waals surface area contributed by atoms with E-state index in [-0.39, 0.29) is 5.92 Å². The van der Waals surface area contributed by atoms with Crippen LogP contribution in [-0.2, 0) is 6.54 Å². The van der Waals surface area contributed by atoms with Crippen LogP contribution in [0.1, 0.15) is 28.2 Å². The number of hydrogen-bond donors (Lipinski definition) is 0. The van der Waals surface area contributed by atoms with Gasteiger partial charge in [-0.25, -0.2) is 0 Å². The lowest BCUT2D eigenvalue weighted by Gasteiger charge is -2.23. The Bertz CT molecular complexity index is 841. The van der Waals surface area contributed by atoms with Gasteiger partial charge in [0.1, 0.15) is 0 Å². The normalized spacial score (nSPS) is 16.4. The van der Waals surface area contributed by atoms with Crippen molar-refractivity contribution in [3.63, 3.8) is 0 Å². The van der Waals surface area contributed by atoms with Crippen LogP contribution in [0.2, 0.25) is 0 Å². The minimum absolute atomic E-state index is 0.268. The predicted octanol–water partition coefficient (Wildman–Crippen LogP) is 5.58. The first-order valence-corrected chi connectivity index (χ1v) is 8.66. The largest absolute Gasteiger partial charge is 0.370 e. The summed E-state index contributed by atoms with van der Waals surface area (Å²) in [6.45, 7) is 0.939. The summed E-state index contributed by atoms with van der Waals surface area (Å²) in [6, 6.07) is 26.3. The van der Waals surface area contributed by atoms with Crippen molar-refractivity contribution in [2.75, 3.05) is 11.9 Å². The van der Waals surface area contributed by atoms with E-state index in [1.807, 2.05) is 0 Å². The molecular weight excluding hydrogens is 346 g/mol. The Labute approximate surface area is 145 Å². The minimum atomic E-state index is 0.268. The molecule has 0 radical (unpaired) electrons. The topological polar surface area (TPSA) is 3.24 Å². The van der Waals surface area contributed by atoms with Crippen molar-refractivity contribution >= 4 is 21.6 Å². The van der Waals surface area contributed by atoms with Gasteiger partial charge in [-0.1, -0.05) is 70.5 Å². The molecule has 0 amide bonds. The molecule has 0 aromatic heterocycles. The van der Waals surface area contributed by atoms with Gasteiger partial charge in [-0.05, 0) is 40.5 Å². The summed E-state index contributed by atoms with van der Waals surface area (Å²) in [4.78, 5) is 2.35. The van der Waals surface area contributed by atoms with E-state index in [4.69, 9.17) is 0 Å². The second-order valence-electron chi connectivity index (χ2n) is 6.10. The molecule has 0 aliphatic carbocycles. The molecule has 1 aliphatic rings. The Balaban J connectivity index is 2.03. The Kier molecular flexibility index (Phi) is 3.70. The Morgan fingerprint density at radius 3 is 2.43 bits per heavy atom. The standard InChI is InChI=1S/C21H18BrN/c1-23-14-16-9-5-6-10-18(16)21(15-7-3-2-4-8-15)19-13-17(22)11-12-20(19)23/h2-13,21H,14H2,1H3. The summed E-state index contributed by atoms with van der Waals surface area (Å²) in [7, 11) is 2.18. The van der Waals surface area contributed by atoms with E-state index in [1.54, 1.807) is 0 Å². The Hall–Kier alpha value is -2.06. The molecule has 3 aromatic rings. The molecule has 2 heteroatoms. The van der Waals surface area contributed by atoms with E-state index >= 15 is 0 Å². The van der Waals surface area contributed by atoms with E-state index in [0.717, 1.165) is 11.0 Å². The fourth-order valence-electron chi connectivity index (χ4n) is 3.58. The highest BCUT2D eigenvalue weighted by molar-refractivity contribution is 9.10. The lowest BCUT2D eigenvalue weighted by atomic mass is 9.83. The quantitative estimate of drug-likeness (QED) is 0.545. The number of hydrogen-bond acceptors (Lipinski definition) is 1. The zero-order chi connectivity index (χ0) is 15.8. The van der Waals surface area contributed by atoms with E-state index in [0.29, 0.717) is 0 Å². The van der Waals surface area contributed by atoms with E-state index in [1.165, 1.54) is 27.9 Å². The highest BCUT2D eigenvalue weighted by Gasteiger charge is 2.27. The van der Waals surface area contributed by atoms with Crippen molar-refractivity contribution in [2.24, 2.45) is 0 Å².